The number of ketones is 1. The van der Waals surface area contributed by atoms with Gasteiger partial charge in [-0.05, 0) is 45.1 Å². The molecule has 0 unspecified atom stereocenters. The summed E-state index contributed by atoms with van der Waals surface area (Å²) in [6, 6.07) is 0. The summed E-state index contributed by atoms with van der Waals surface area (Å²) >= 11 is 0. The lowest BCUT2D eigenvalue weighted by Gasteiger charge is -2.50. The molecular formula is C44H65NO12. The first-order chi connectivity index (χ1) is 26.6. The van der Waals surface area contributed by atoms with Crippen molar-refractivity contribution in [2.45, 2.75) is 137 Å². The van der Waals surface area contributed by atoms with Gasteiger partial charge in [0.25, 0.3) is 0 Å². The van der Waals surface area contributed by atoms with E-state index in [1.165, 1.54) is 7.11 Å². The number of carbonyl (C=O) groups is 4. The lowest BCUT2D eigenvalue weighted by atomic mass is 9.76. The van der Waals surface area contributed by atoms with Crippen molar-refractivity contribution in [3.05, 3.63) is 70.7 Å². The van der Waals surface area contributed by atoms with Crippen LogP contribution < -0.4 is 5.32 Å². The first kappa shape index (κ1) is 47.5. The summed E-state index contributed by atoms with van der Waals surface area (Å²) < 4.78 is 24.1. The number of nitrogens with one attached hydrogen (secondary N) is 1. The first-order valence-electron chi connectivity index (χ1n) is 20.0. The maximum atomic E-state index is 13.6. The van der Waals surface area contributed by atoms with E-state index in [0.29, 0.717) is 12.0 Å². The number of aliphatic hydroxyl groups is 4. The molecule has 12 atom stereocenters. The van der Waals surface area contributed by atoms with Crippen LogP contribution in [0.2, 0.25) is 0 Å². The van der Waals surface area contributed by atoms with Crippen molar-refractivity contribution in [2.24, 2.45) is 35.5 Å². The number of hydrogen-bond acceptors (Lipinski definition) is 12. The molecule has 2 heterocycles. The molecule has 3 aliphatic rings. The standard InChI is InChI=1S/C44H65NO12/c1-23(2)41-29(8)35(55-37(49)18-17-36(48)45-38-32(46)15-16-33(38)47)22-44(53,57-41)31(10)40(51)30(9)42-34(54-11)14-12-13-24(3)19-26(5)39(50)27(6)20-25(4)21-28(7)43(52)56-42/h12-14,17-18,20-21,23,26-27,29-31,34-35,39-42,46,50-51,53H,15-16,19,22H2,1-11H3,(H,45,48)/b14-12+,18-17+,24-13+,25-20+,28-21+/t26-,27+,29-,30-,31-,34-,35+,39-,40+,41+,42+,44+/m0/s1. The van der Waals surface area contributed by atoms with Crippen molar-refractivity contribution in [1.29, 1.82) is 0 Å². The van der Waals surface area contributed by atoms with Crippen molar-refractivity contribution < 1.29 is 58.6 Å². The fraction of sp³-hybridized carbons (Fsp3) is 0.636. The molecule has 3 rings (SSSR count). The van der Waals surface area contributed by atoms with Gasteiger partial charge in [0.2, 0.25) is 5.91 Å². The molecule has 318 valence electrons. The summed E-state index contributed by atoms with van der Waals surface area (Å²) in [5.74, 6) is -7.52. The van der Waals surface area contributed by atoms with Gasteiger partial charge in [0, 0.05) is 67.8 Å². The van der Waals surface area contributed by atoms with E-state index in [4.69, 9.17) is 18.9 Å². The zero-order chi connectivity index (χ0) is 42.9. The summed E-state index contributed by atoms with van der Waals surface area (Å²) in [5.41, 5.74) is 1.91. The Hall–Kier alpha value is -3.88. The molecule has 0 aromatic rings. The van der Waals surface area contributed by atoms with Crippen LogP contribution in [0.15, 0.2) is 70.7 Å². The fourth-order valence-electron chi connectivity index (χ4n) is 7.98. The van der Waals surface area contributed by atoms with E-state index in [9.17, 15) is 39.6 Å². The van der Waals surface area contributed by atoms with Crippen LogP contribution in [-0.2, 0) is 38.1 Å². The van der Waals surface area contributed by atoms with Crippen molar-refractivity contribution in [2.75, 3.05) is 7.11 Å². The molecule has 1 aliphatic carbocycles. The summed E-state index contributed by atoms with van der Waals surface area (Å²) in [6.07, 6.45) is 6.23. The number of rotatable bonds is 10. The molecule has 0 saturated carbocycles. The lowest BCUT2D eigenvalue weighted by molar-refractivity contribution is -0.329. The number of hydrogen-bond donors (Lipinski definition) is 5. The van der Waals surface area contributed by atoms with E-state index < -0.39 is 83.8 Å². The zero-order valence-corrected chi connectivity index (χ0v) is 35.4. The molecule has 1 amide bonds. The average molecular weight is 800 g/mol. The highest BCUT2D eigenvalue weighted by Gasteiger charge is 2.53. The Kier molecular flexibility index (Phi) is 17.2. The number of cyclic esters (lactones) is 1. The molecule has 0 spiro atoms. The van der Waals surface area contributed by atoms with E-state index in [1.54, 1.807) is 39.0 Å². The van der Waals surface area contributed by atoms with Crippen LogP contribution in [0.25, 0.3) is 0 Å². The Labute approximate surface area is 337 Å². The molecular weight excluding hydrogens is 734 g/mol. The van der Waals surface area contributed by atoms with Crippen LogP contribution in [0.5, 0.6) is 0 Å². The van der Waals surface area contributed by atoms with Crippen molar-refractivity contribution in [1.82, 2.24) is 5.32 Å². The van der Waals surface area contributed by atoms with Crippen molar-refractivity contribution in [3.8, 4) is 0 Å². The van der Waals surface area contributed by atoms with Crippen LogP contribution in [0.1, 0.15) is 94.9 Å². The van der Waals surface area contributed by atoms with E-state index in [1.807, 2.05) is 60.6 Å². The number of allylic oxidation sites excluding steroid dienone is 7. The smallest absolute Gasteiger partial charge is 0.334 e. The van der Waals surface area contributed by atoms with Gasteiger partial charge in [0.1, 0.15) is 29.8 Å². The Morgan fingerprint density at radius 3 is 2.30 bits per heavy atom. The van der Waals surface area contributed by atoms with Gasteiger partial charge in [-0.15, -0.1) is 0 Å². The normalized spacial score (nSPS) is 35.9. The number of methoxy groups -OCH3 is 1. The van der Waals surface area contributed by atoms with E-state index in [2.05, 4.69) is 5.32 Å². The Morgan fingerprint density at radius 2 is 1.70 bits per heavy atom. The SMILES string of the molecule is CO[C@H]1/C=C/C=C(\C)C[C@H](C)[C@H](O)[C@H](C)/C=C(C)/C=C(\C)C(=O)O[C@@H]1[C@@H](C)[C@@H](O)[C@H](C)[C@@]1(O)C[C@@H](OC(=O)/C=C/C(=O)NC2=C(O)CCC2=O)[C@H](C)[C@@H](C(C)C)O1. The summed E-state index contributed by atoms with van der Waals surface area (Å²) in [6.45, 7) is 18.3. The number of carbonyl (C=O) groups excluding carboxylic acids is 4. The minimum absolute atomic E-state index is 0.0277. The molecule has 1 fully saturated rings. The van der Waals surface area contributed by atoms with Crippen LogP contribution in [0.3, 0.4) is 0 Å². The highest BCUT2D eigenvalue weighted by atomic mass is 16.6. The third-order valence-electron chi connectivity index (χ3n) is 11.5. The molecule has 0 aromatic carbocycles. The number of amides is 1. The number of Topliss-reactive ketones (excluding diaryl/α,β-unsaturated/α-hetero) is 1. The second-order valence-corrected chi connectivity index (χ2v) is 16.7. The van der Waals surface area contributed by atoms with Crippen LogP contribution in [-0.4, -0.2) is 93.6 Å². The molecule has 0 bridgehead atoms. The Bertz CT molecular complexity index is 1650. The van der Waals surface area contributed by atoms with Crippen LogP contribution >= 0.6 is 0 Å². The monoisotopic (exact) mass is 799 g/mol. The van der Waals surface area contributed by atoms with Crippen molar-refractivity contribution in [3.63, 3.8) is 0 Å². The van der Waals surface area contributed by atoms with Gasteiger partial charge < -0.3 is 44.7 Å². The van der Waals surface area contributed by atoms with Gasteiger partial charge >= 0.3 is 11.9 Å². The predicted octanol–water partition coefficient (Wildman–Crippen LogP) is 5.46. The van der Waals surface area contributed by atoms with E-state index >= 15 is 0 Å². The maximum absolute atomic E-state index is 13.6. The lowest BCUT2D eigenvalue weighted by Crippen LogP contribution is -2.59. The molecule has 5 N–H and O–H groups in total. The Balaban J connectivity index is 1.90. The minimum atomic E-state index is -2.01. The van der Waals surface area contributed by atoms with Gasteiger partial charge in [-0.25, -0.2) is 9.59 Å². The van der Waals surface area contributed by atoms with Gasteiger partial charge in [0.05, 0.1) is 18.3 Å². The topological polar surface area (TPSA) is 198 Å². The highest BCUT2D eigenvalue weighted by Crippen LogP contribution is 2.42. The third-order valence-corrected chi connectivity index (χ3v) is 11.5. The zero-order valence-electron chi connectivity index (χ0n) is 35.4. The minimum Gasteiger partial charge on any atom is -0.510 e. The van der Waals surface area contributed by atoms with E-state index in [-0.39, 0.29) is 48.5 Å². The predicted molar refractivity (Wildman–Crippen MR) is 214 cm³/mol. The number of esters is 2. The number of aliphatic hydroxyl groups excluding tert-OH is 3. The van der Waals surface area contributed by atoms with Gasteiger partial charge in [-0.1, -0.05) is 83.9 Å². The van der Waals surface area contributed by atoms with Crippen molar-refractivity contribution >= 4 is 23.6 Å². The van der Waals surface area contributed by atoms with E-state index in [0.717, 1.165) is 23.3 Å². The molecule has 57 heavy (non-hydrogen) atoms. The Morgan fingerprint density at radius 1 is 1.04 bits per heavy atom. The molecule has 2 aliphatic heterocycles. The molecule has 1 saturated heterocycles. The van der Waals surface area contributed by atoms with Gasteiger partial charge in [0.15, 0.2) is 11.6 Å². The van der Waals surface area contributed by atoms with Crippen LogP contribution in [0, 0.1) is 35.5 Å². The summed E-state index contributed by atoms with van der Waals surface area (Å²) in [4.78, 5) is 51.0. The fourth-order valence-corrected chi connectivity index (χ4v) is 7.98. The molecule has 13 heteroatoms. The molecule has 0 radical (unpaired) electrons. The molecule has 0 aromatic heterocycles. The second-order valence-electron chi connectivity index (χ2n) is 16.7. The maximum Gasteiger partial charge on any atom is 0.334 e. The second kappa shape index (κ2) is 20.7. The van der Waals surface area contributed by atoms with Crippen LogP contribution in [0.4, 0.5) is 0 Å². The summed E-state index contributed by atoms with van der Waals surface area (Å²) in [5, 5.41) is 47.3. The number of ether oxygens (including phenoxy) is 4. The highest BCUT2D eigenvalue weighted by molar-refractivity contribution is 6.04. The largest absolute Gasteiger partial charge is 0.510 e. The molecule has 13 nitrogen and oxygen atoms in total. The van der Waals surface area contributed by atoms with Gasteiger partial charge in [-0.2, -0.15) is 0 Å². The van der Waals surface area contributed by atoms with Gasteiger partial charge in [-0.3, -0.25) is 9.59 Å². The quantitative estimate of drug-likeness (QED) is 0.138. The third kappa shape index (κ3) is 12.6. The average Bonchev–Trinajstić information content (AvgIpc) is 3.46. The summed E-state index contributed by atoms with van der Waals surface area (Å²) in [7, 11) is 1.47. The first-order valence-corrected chi connectivity index (χ1v) is 20.0.